The second-order valence-electron chi connectivity index (χ2n) is 4.45. The quantitative estimate of drug-likeness (QED) is 0.392. The number of carbonyl (C=O) groups is 1. The normalized spacial score (nSPS) is 10.6. The Bertz CT molecular complexity index is 929. The second kappa shape index (κ2) is 7.36. The van der Waals surface area contributed by atoms with Crippen LogP contribution in [0.2, 0.25) is 0 Å². The van der Waals surface area contributed by atoms with E-state index >= 15 is 0 Å². The molecule has 0 radical (unpaired) electrons. The molecule has 2 heterocycles. The number of aromatic nitrogens is 3. The zero-order valence-electron chi connectivity index (χ0n) is 12.2. The van der Waals surface area contributed by atoms with Crippen LogP contribution in [0.25, 0.3) is 11.5 Å². The standard InChI is InChI=1S/C13H8FN5O4S2/c14-8-4-2-1-3-7(8)11-17-18-13(23-11)24-6-9(20)16-12-15-5-10(25-12)19(21)22/h1-5H,6H2,(H,15,16,20). The Morgan fingerprint density at radius 3 is 2.92 bits per heavy atom. The first-order valence-corrected chi connectivity index (χ1v) is 8.44. The average Bonchev–Trinajstić information content (AvgIpc) is 3.23. The molecule has 0 aliphatic rings. The highest BCUT2D eigenvalue weighted by atomic mass is 32.2. The summed E-state index contributed by atoms with van der Waals surface area (Å²) in [6, 6.07) is 5.95. The van der Waals surface area contributed by atoms with Crippen LogP contribution >= 0.6 is 23.1 Å². The third-order valence-electron chi connectivity index (χ3n) is 2.76. The topological polar surface area (TPSA) is 124 Å². The van der Waals surface area contributed by atoms with E-state index in [9.17, 15) is 19.3 Å². The fraction of sp³-hybridized carbons (Fsp3) is 0.0769. The van der Waals surface area contributed by atoms with Gasteiger partial charge in [0.25, 0.3) is 11.1 Å². The lowest BCUT2D eigenvalue weighted by atomic mass is 10.2. The van der Waals surface area contributed by atoms with Crippen molar-refractivity contribution >= 4 is 39.1 Å². The zero-order valence-corrected chi connectivity index (χ0v) is 13.8. The molecule has 0 atom stereocenters. The summed E-state index contributed by atoms with van der Waals surface area (Å²) in [6.07, 6.45) is 1.06. The van der Waals surface area contributed by atoms with E-state index in [1.54, 1.807) is 6.07 Å². The second-order valence-corrected chi connectivity index (χ2v) is 6.39. The number of hydrogen-bond acceptors (Lipinski definition) is 9. The van der Waals surface area contributed by atoms with E-state index in [0.29, 0.717) is 0 Å². The van der Waals surface area contributed by atoms with Crippen molar-refractivity contribution in [3.63, 3.8) is 0 Å². The van der Waals surface area contributed by atoms with Gasteiger partial charge in [-0.3, -0.25) is 14.9 Å². The molecule has 1 amide bonds. The number of anilines is 1. The van der Waals surface area contributed by atoms with Crippen LogP contribution in [0.15, 0.2) is 40.1 Å². The zero-order chi connectivity index (χ0) is 17.8. The minimum Gasteiger partial charge on any atom is -0.411 e. The number of rotatable bonds is 6. The summed E-state index contributed by atoms with van der Waals surface area (Å²) in [7, 11) is 0. The SMILES string of the molecule is O=C(CSc1nnc(-c2ccccc2F)o1)Nc1ncc([N+](=O)[O-])s1. The van der Waals surface area contributed by atoms with E-state index in [1.807, 2.05) is 0 Å². The number of halogens is 1. The number of nitrogens with one attached hydrogen (secondary N) is 1. The van der Waals surface area contributed by atoms with Crippen molar-refractivity contribution < 1.29 is 18.5 Å². The lowest BCUT2D eigenvalue weighted by Gasteiger charge is -1.98. The van der Waals surface area contributed by atoms with Gasteiger partial charge < -0.3 is 9.73 Å². The largest absolute Gasteiger partial charge is 0.411 e. The summed E-state index contributed by atoms with van der Waals surface area (Å²) >= 11 is 1.70. The van der Waals surface area contributed by atoms with Crippen molar-refractivity contribution in [1.82, 2.24) is 15.2 Å². The van der Waals surface area contributed by atoms with E-state index in [-0.39, 0.29) is 32.6 Å². The number of amides is 1. The van der Waals surface area contributed by atoms with Crippen LogP contribution in [-0.2, 0) is 4.79 Å². The molecule has 1 aromatic carbocycles. The Balaban J connectivity index is 1.57. The number of nitrogens with zero attached hydrogens (tertiary/aromatic N) is 4. The lowest BCUT2D eigenvalue weighted by Crippen LogP contribution is -2.13. The van der Waals surface area contributed by atoms with Crippen LogP contribution in [0.5, 0.6) is 0 Å². The first kappa shape index (κ1) is 17.0. The first-order valence-electron chi connectivity index (χ1n) is 6.64. The molecule has 25 heavy (non-hydrogen) atoms. The fourth-order valence-corrected chi connectivity index (χ4v) is 2.91. The van der Waals surface area contributed by atoms with Crippen molar-refractivity contribution in [3.05, 3.63) is 46.4 Å². The fourth-order valence-electron chi connectivity index (χ4n) is 1.70. The minimum atomic E-state index is -0.593. The van der Waals surface area contributed by atoms with Gasteiger partial charge in [0.1, 0.15) is 12.0 Å². The smallest absolute Gasteiger partial charge is 0.345 e. The molecule has 12 heteroatoms. The number of benzene rings is 1. The molecule has 0 spiro atoms. The van der Waals surface area contributed by atoms with E-state index in [4.69, 9.17) is 4.42 Å². The Hall–Kier alpha value is -2.86. The Morgan fingerprint density at radius 1 is 1.40 bits per heavy atom. The van der Waals surface area contributed by atoms with Crippen LogP contribution < -0.4 is 5.32 Å². The van der Waals surface area contributed by atoms with Crippen LogP contribution in [0.4, 0.5) is 14.5 Å². The monoisotopic (exact) mass is 381 g/mol. The Morgan fingerprint density at radius 2 is 2.20 bits per heavy atom. The highest BCUT2D eigenvalue weighted by molar-refractivity contribution is 7.99. The third kappa shape index (κ3) is 4.16. The molecule has 9 nitrogen and oxygen atoms in total. The van der Waals surface area contributed by atoms with Gasteiger partial charge >= 0.3 is 5.00 Å². The van der Waals surface area contributed by atoms with Gasteiger partial charge in [-0.2, -0.15) is 0 Å². The summed E-state index contributed by atoms with van der Waals surface area (Å²) in [4.78, 5) is 25.5. The highest BCUT2D eigenvalue weighted by Gasteiger charge is 2.16. The van der Waals surface area contributed by atoms with Gasteiger partial charge in [0.2, 0.25) is 5.91 Å². The molecule has 0 saturated heterocycles. The maximum atomic E-state index is 13.6. The number of carbonyl (C=O) groups excluding carboxylic acids is 1. The van der Waals surface area contributed by atoms with Crippen molar-refractivity contribution in [2.24, 2.45) is 0 Å². The molecule has 1 N–H and O–H groups in total. The van der Waals surface area contributed by atoms with Gasteiger partial charge in [-0.05, 0) is 23.5 Å². The van der Waals surface area contributed by atoms with Gasteiger partial charge in [-0.1, -0.05) is 23.9 Å². The summed E-state index contributed by atoms with van der Waals surface area (Å²) < 4.78 is 19.0. The average molecular weight is 381 g/mol. The third-order valence-corrected chi connectivity index (χ3v) is 4.44. The maximum absolute atomic E-state index is 13.6. The van der Waals surface area contributed by atoms with Gasteiger partial charge in [0.05, 0.1) is 16.2 Å². The highest BCUT2D eigenvalue weighted by Crippen LogP contribution is 2.27. The van der Waals surface area contributed by atoms with Crippen molar-refractivity contribution in [2.45, 2.75) is 5.22 Å². The van der Waals surface area contributed by atoms with E-state index in [0.717, 1.165) is 29.3 Å². The number of thioether (sulfide) groups is 1. The van der Waals surface area contributed by atoms with Gasteiger partial charge in [-0.15, -0.1) is 10.2 Å². The van der Waals surface area contributed by atoms with Gasteiger partial charge in [0, 0.05) is 0 Å². The summed E-state index contributed by atoms with van der Waals surface area (Å²) in [5.74, 6) is -1.01. The predicted molar refractivity (Wildman–Crippen MR) is 87.8 cm³/mol. The van der Waals surface area contributed by atoms with Crippen LogP contribution in [0.3, 0.4) is 0 Å². The molecule has 3 aromatic rings. The van der Waals surface area contributed by atoms with Crippen molar-refractivity contribution in [2.75, 3.05) is 11.1 Å². The summed E-state index contributed by atoms with van der Waals surface area (Å²) in [6.45, 7) is 0. The lowest BCUT2D eigenvalue weighted by molar-refractivity contribution is -0.380. The molecular formula is C13H8FN5O4S2. The molecular weight excluding hydrogens is 373 g/mol. The summed E-state index contributed by atoms with van der Waals surface area (Å²) in [5.41, 5.74) is 0.168. The molecule has 3 rings (SSSR count). The minimum absolute atomic E-state index is 0.0107. The first-order chi connectivity index (χ1) is 12.0. The van der Waals surface area contributed by atoms with Crippen LogP contribution in [0.1, 0.15) is 0 Å². The van der Waals surface area contributed by atoms with E-state index in [2.05, 4.69) is 20.5 Å². The summed E-state index contributed by atoms with van der Waals surface area (Å²) in [5, 5.41) is 20.5. The van der Waals surface area contributed by atoms with Crippen molar-refractivity contribution in [3.8, 4) is 11.5 Å². The molecule has 0 bridgehead atoms. The van der Waals surface area contributed by atoms with E-state index in [1.165, 1.54) is 18.2 Å². The predicted octanol–water partition coefficient (Wildman–Crippen LogP) is 2.97. The molecule has 128 valence electrons. The van der Waals surface area contributed by atoms with Crippen LogP contribution in [-0.4, -0.2) is 31.8 Å². The Labute approximate surface area is 147 Å². The molecule has 0 unspecified atom stereocenters. The molecule has 2 aromatic heterocycles. The molecule has 0 aliphatic heterocycles. The van der Waals surface area contributed by atoms with Crippen LogP contribution in [0, 0.1) is 15.9 Å². The number of nitro groups is 1. The molecule has 0 fully saturated rings. The molecule has 0 aliphatic carbocycles. The number of hydrogen-bond donors (Lipinski definition) is 1. The van der Waals surface area contributed by atoms with Crippen molar-refractivity contribution in [1.29, 1.82) is 0 Å². The van der Waals surface area contributed by atoms with Gasteiger partial charge in [-0.25, -0.2) is 9.37 Å². The number of thiazole rings is 1. The Kier molecular flexibility index (Phi) is 5.00. The van der Waals surface area contributed by atoms with Gasteiger partial charge in [0.15, 0.2) is 5.13 Å². The van der Waals surface area contributed by atoms with E-state index < -0.39 is 16.6 Å². The maximum Gasteiger partial charge on any atom is 0.345 e. The molecule has 0 saturated carbocycles.